The molecule has 0 radical (unpaired) electrons. The summed E-state index contributed by atoms with van der Waals surface area (Å²) in [7, 11) is 1.58. The molecule has 0 unspecified atom stereocenters. The van der Waals surface area contributed by atoms with Crippen molar-refractivity contribution in [3.63, 3.8) is 0 Å². The fraction of sp³-hybridized carbons (Fsp3) is 0.0625. The molecular weight excluding hydrogens is 238 g/mol. The van der Waals surface area contributed by atoms with Gasteiger partial charge in [-0.15, -0.1) is 0 Å². The van der Waals surface area contributed by atoms with Gasteiger partial charge in [0.05, 0.1) is 0 Å². The Hall–Kier alpha value is -2.55. The lowest BCUT2D eigenvalue weighted by Gasteiger charge is -2.08. The molecule has 2 N–H and O–H groups in total. The molecule has 0 fully saturated rings. The smallest absolute Gasteiger partial charge is 0.251 e. The monoisotopic (exact) mass is 251 g/mol. The van der Waals surface area contributed by atoms with Crippen molar-refractivity contribution < 1.29 is 9.90 Å². The van der Waals surface area contributed by atoms with Crippen molar-refractivity contribution in [2.24, 2.45) is 0 Å². The van der Waals surface area contributed by atoms with Crippen LogP contribution in [0.5, 0.6) is 5.75 Å². The van der Waals surface area contributed by atoms with Crippen LogP contribution in [0.15, 0.2) is 48.5 Å². The Morgan fingerprint density at radius 2 is 1.79 bits per heavy atom. The largest absolute Gasteiger partial charge is 0.507 e. The van der Waals surface area contributed by atoms with Gasteiger partial charge >= 0.3 is 0 Å². The van der Waals surface area contributed by atoms with E-state index in [9.17, 15) is 9.90 Å². The zero-order valence-corrected chi connectivity index (χ0v) is 10.5. The second-order valence-electron chi connectivity index (χ2n) is 4.46. The summed E-state index contributed by atoms with van der Waals surface area (Å²) >= 11 is 0. The predicted octanol–water partition coefficient (Wildman–Crippen LogP) is 3.06. The van der Waals surface area contributed by atoms with Crippen molar-refractivity contribution in [2.75, 3.05) is 7.05 Å². The molecule has 0 saturated heterocycles. The number of aromatic hydroxyl groups is 1. The SMILES string of the molecule is CNC(=O)c1cc(O)c2ccc3ccccc3c2c1. The predicted molar refractivity (Wildman–Crippen MR) is 76.5 cm³/mol. The van der Waals surface area contributed by atoms with Crippen molar-refractivity contribution in [3.05, 3.63) is 54.1 Å². The third-order valence-corrected chi connectivity index (χ3v) is 3.33. The minimum Gasteiger partial charge on any atom is -0.507 e. The third-order valence-electron chi connectivity index (χ3n) is 3.33. The van der Waals surface area contributed by atoms with Crippen LogP contribution in [0.1, 0.15) is 10.4 Å². The lowest BCUT2D eigenvalue weighted by Crippen LogP contribution is -2.17. The molecule has 0 aliphatic carbocycles. The molecule has 94 valence electrons. The topological polar surface area (TPSA) is 49.3 Å². The molecule has 0 aliphatic heterocycles. The Morgan fingerprint density at radius 3 is 2.58 bits per heavy atom. The van der Waals surface area contributed by atoms with Gasteiger partial charge in [0.2, 0.25) is 0 Å². The number of phenolic OH excluding ortho intramolecular Hbond substituents is 1. The molecule has 0 heterocycles. The number of fused-ring (bicyclic) bond motifs is 3. The highest BCUT2D eigenvalue weighted by molar-refractivity contribution is 6.12. The molecule has 3 nitrogen and oxygen atoms in total. The highest BCUT2D eigenvalue weighted by atomic mass is 16.3. The van der Waals surface area contributed by atoms with Crippen LogP contribution in [0.4, 0.5) is 0 Å². The van der Waals surface area contributed by atoms with Gasteiger partial charge in [-0.1, -0.05) is 36.4 Å². The molecule has 3 aromatic rings. The van der Waals surface area contributed by atoms with E-state index in [4.69, 9.17) is 0 Å². The number of rotatable bonds is 1. The number of phenols is 1. The second-order valence-corrected chi connectivity index (χ2v) is 4.46. The van der Waals surface area contributed by atoms with Crippen LogP contribution in [0.25, 0.3) is 21.5 Å². The molecule has 3 rings (SSSR count). The average Bonchev–Trinajstić information content (AvgIpc) is 2.46. The highest BCUT2D eigenvalue weighted by Gasteiger charge is 2.10. The van der Waals surface area contributed by atoms with E-state index in [-0.39, 0.29) is 11.7 Å². The average molecular weight is 251 g/mol. The highest BCUT2D eigenvalue weighted by Crippen LogP contribution is 2.32. The van der Waals surface area contributed by atoms with E-state index in [1.54, 1.807) is 7.05 Å². The van der Waals surface area contributed by atoms with Crippen LogP contribution in [-0.2, 0) is 0 Å². The maximum atomic E-state index is 11.7. The Kier molecular flexibility index (Phi) is 2.60. The van der Waals surface area contributed by atoms with Crippen molar-refractivity contribution in [1.29, 1.82) is 0 Å². The number of amides is 1. The molecule has 0 aliphatic rings. The van der Waals surface area contributed by atoms with E-state index < -0.39 is 0 Å². The fourth-order valence-corrected chi connectivity index (χ4v) is 2.37. The lowest BCUT2D eigenvalue weighted by molar-refractivity contribution is 0.0963. The van der Waals surface area contributed by atoms with Crippen molar-refractivity contribution in [3.8, 4) is 5.75 Å². The van der Waals surface area contributed by atoms with Gasteiger partial charge in [-0.2, -0.15) is 0 Å². The van der Waals surface area contributed by atoms with Crippen LogP contribution >= 0.6 is 0 Å². The summed E-state index contributed by atoms with van der Waals surface area (Å²) in [4.78, 5) is 11.7. The lowest BCUT2D eigenvalue weighted by atomic mass is 9.99. The summed E-state index contributed by atoms with van der Waals surface area (Å²) in [5.41, 5.74) is 0.462. The quantitative estimate of drug-likeness (QED) is 0.653. The van der Waals surface area contributed by atoms with Gasteiger partial charge in [-0.3, -0.25) is 4.79 Å². The zero-order chi connectivity index (χ0) is 13.4. The molecule has 3 aromatic carbocycles. The van der Waals surface area contributed by atoms with E-state index in [0.29, 0.717) is 5.56 Å². The van der Waals surface area contributed by atoms with Crippen molar-refractivity contribution in [1.82, 2.24) is 5.32 Å². The van der Waals surface area contributed by atoms with Gasteiger partial charge in [-0.25, -0.2) is 0 Å². The molecule has 1 amide bonds. The van der Waals surface area contributed by atoms with Crippen LogP contribution in [0, 0.1) is 0 Å². The maximum absolute atomic E-state index is 11.7. The van der Waals surface area contributed by atoms with Gasteiger partial charge in [0.1, 0.15) is 5.75 Å². The summed E-state index contributed by atoms with van der Waals surface area (Å²) < 4.78 is 0. The number of hydrogen-bond donors (Lipinski definition) is 2. The summed E-state index contributed by atoms with van der Waals surface area (Å²) in [5.74, 6) is -0.0769. The van der Waals surface area contributed by atoms with Gasteiger partial charge < -0.3 is 10.4 Å². The number of hydrogen-bond acceptors (Lipinski definition) is 2. The molecule has 19 heavy (non-hydrogen) atoms. The van der Waals surface area contributed by atoms with Gasteiger partial charge in [0.25, 0.3) is 5.91 Å². The maximum Gasteiger partial charge on any atom is 0.251 e. The first-order valence-electron chi connectivity index (χ1n) is 6.07. The first-order valence-corrected chi connectivity index (χ1v) is 6.07. The molecular formula is C16H13NO2. The molecule has 0 saturated carbocycles. The molecule has 0 atom stereocenters. The molecule has 0 bridgehead atoms. The van der Waals surface area contributed by atoms with E-state index in [0.717, 1.165) is 21.5 Å². The summed E-state index contributed by atoms with van der Waals surface area (Å²) in [6, 6.07) is 15.1. The van der Waals surface area contributed by atoms with Crippen LogP contribution < -0.4 is 5.32 Å². The van der Waals surface area contributed by atoms with E-state index in [1.165, 1.54) is 6.07 Å². The second kappa shape index (κ2) is 4.28. The first kappa shape index (κ1) is 11.5. The number of nitrogens with one attached hydrogen (secondary N) is 1. The zero-order valence-electron chi connectivity index (χ0n) is 10.5. The van der Waals surface area contributed by atoms with Crippen molar-refractivity contribution in [2.45, 2.75) is 0 Å². The van der Waals surface area contributed by atoms with Gasteiger partial charge in [0, 0.05) is 18.0 Å². The third kappa shape index (κ3) is 1.80. The van der Waals surface area contributed by atoms with Crippen LogP contribution in [0.3, 0.4) is 0 Å². The number of benzene rings is 3. The fourth-order valence-electron chi connectivity index (χ4n) is 2.37. The van der Waals surface area contributed by atoms with E-state index in [2.05, 4.69) is 5.32 Å². The Bertz CT molecular complexity index is 793. The molecule has 0 spiro atoms. The van der Waals surface area contributed by atoms with Gasteiger partial charge in [0.15, 0.2) is 0 Å². The standard InChI is InChI=1S/C16H13NO2/c1-17-16(19)11-8-14-12-5-3-2-4-10(12)6-7-13(14)15(18)9-11/h2-9,18H,1H3,(H,17,19). The number of carbonyl (C=O) groups excluding carboxylic acids is 1. The van der Waals surface area contributed by atoms with Crippen LogP contribution in [-0.4, -0.2) is 18.1 Å². The normalized spacial score (nSPS) is 10.8. The molecule has 0 aromatic heterocycles. The van der Waals surface area contributed by atoms with E-state index in [1.807, 2.05) is 42.5 Å². The first-order chi connectivity index (χ1) is 9.20. The Balaban J connectivity index is 2.43. The summed E-state index contributed by atoms with van der Waals surface area (Å²) in [6.45, 7) is 0. The van der Waals surface area contributed by atoms with E-state index >= 15 is 0 Å². The van der Waals surface area contributed by atoms with Gasteiger partial charge in [-0.05, 0) is 28.3 Å². The van der Waals surface area contributed by atoms with Crippen molar-refractivity contribution >= 4 is 27.5 Å². The minimum absolute atomic E-state index is 0.127. The minimum atomic E-state index is -0.204. The number of carbonyl (C=O) groups is 1. The Morgan fingerprint density at radius 1 is 1.00 bits per heavy atom. The Labute approximate surface area is 110 Å². The summed E-state index contributed by atoms with van der Waals surface area (Å²) in [5, 5.41) is 16.4. The summed E-state index contributed by atoms with van der Waals surface area (Å²) in [6.07, 6.45) is 0. The molecule has 3 heteroatoms. The van der Waals surface area contributed by atoms with Crippen LogP contribution in [0.2, 0.25) is 0 Å².